The van der Waals surface area contributed by atoms with Gasteiger partial charge < -0.3 is 16.2 Å². The molecule has 5 heteroatoms. The van der Waals surface area contributed by atoms with Crippen LogP contribution in [-0.2, 0) is 13.0 Å². The van der Waals surface area contributed by atoms with Crippen molar-refractivity contribution in [3.05, 3.63) is 65.0 Å². The van der Waals surface area contributed by atoms with Crippen molar-refractivity contribution in [1.82, 2.24) is 10.3 Å². The fourth-order valence-corrected chi connectivity index (χ4v) is 2.64. The summed E-state index contributed by atoms with van der Waals surface area (Å²) >= 11 is 0. The van der Waals surface area contributed by atoms with Crippen molar-refractivity contribution in [2.75, 3.05) is 0 Å². The molecule has 21 heavy (non-hydrogen) atoms. The number of rotatable bonds is 3. The van der Waals surface area contributed by atoms with Gasteiger partial charge in [0.1, 0.15) is 5.69 Å². The van der Waals surface area contributed by atoms with Gasteiger partial charge in [0.15, 0.2) is 0 Å². The Hall–Kier alpha value is -2.24. The average Bonchev–Trinajstić information content (AvgIpc) is 2.83. The van der Waals surface area contributed by atoms with Crippen molar-refractivity contribution in [2.24, 2.45) is 5.73 Å². The molecule has 1 aliphatic rings. The fourth-order valence-electron chi connectivity index (χ4n) is 2.64. The number of nitrogens with zero attached hydrogens (tertiary/aromatic N) is 1. The molecule has 1 amide bonds. The van der Waals surface area contributed by atoms with Crippen molar-refractivity contribution in [3.63, 3.8) is 0 Å². The number of aliphatic hydroxyl groups excluding tert-OH is 1. The summed E-state index contributed by atoms with van der Waals surface area (Å²) in [6, 6.07) is 10.8. The summed E-state index contributed by atoms with van der Waals surface area (Å²) in [5.41, 5.74) is 8.74. The first-order chi connectivity index (χ1) is 10.2. The van der Waals surface area contributed by atoms with Crippen LogP contribution in [0.5, 0.6) is 0 Å². The molecule has 0 unspecified atom stereocenters. The predicted molar refractivity (Wildman–Crippen MR) is 78.5 cm³/mol. The lowest BCUT2D eigenvalue weighted by atomic mass is 10.1. The number of fused-ring (bicyclic) bond motifs is 1. The summed E-state index contributed by atoms with van der Waals surface area (Å²) in [4.78, 5) is 16.3. The highest BCUT2D eigenvalue weighted by Gasteiger charge is 2.32. The highest BCUT2D eigenvalue weighted by Crippen LogP contribution is 2.31. The molecule has 2 aromatic rings. The maximum Gasteiger partial charge on any atom is 0.270 e. The first-order valence-corrected chi connectivity index (χ1v) is 6.91. The molecular weight excluding hydrogens is 266 g/mol. The Morgan fingerprint density at radius 1 is 1.33 bits per heavy atom. The second-order valence-electron chi connectivity index (χ2n) is 5.18. The van der Waals surface area contributed by atoms with Crippen LogP contribution in [0.1, 0.15) is 33.2 Å². The van der Waals surface area contributed by atoms with Gasteiger partial charge in [-0.05, 0) is 22.8 Å². The van der Waals surface area contributed by atoms with E-state index in [-0.39, 0.29) is 11.9 Å². The van der Waals surface area contributed by atoms with E-state index >= 15 is 0 Å². The number of carbonyl (C=O) groups excluding carboxylic acids is 1. The van der Waals surface area contributed by atoms with Crippen LogP contribution in [0.2, 0.25) is 0 Å². The number of aliphatic hydroxyl groups is 1. The molecule has 0 fully saturated rings. The molecule has 1 aromatic carbocycles. The minimum Gasteiger partial charge on any atom is -0.390 e. The van der Waals surface area contributed by atoms with Crippen LogP contribution in [0.15, 0.2) is 42.6 Å². The summed E-state index contributed by atoms with van der Waals surface area (Å²) in [5, 5.41) is 13.0. The minimum absolute atomic E-state index is 0.292. The normalized spacial score (nSPS) is 20.1. The molecule has 108 valence electrons. The van der Waals surface area contributed by atoms with Gasteiger partial charge >= 0.3 is 0 Å². The second kappa shape index (κ2) is 5.63. The smallest absolute Gasteiger partial charge is 0.270 e. The molecule has 0 bridgehead atoms. The van der Waals surface area contributed by atoms with Crippen molar-refractivity contribution in [3.8, 4) is 0 Å². The van der Waals surface area contributed by atoms with Crippen LogP contribution in [-0.4, -0.2) is 22.1 Å². The van der Waals surface area contributed by atoms with Crippen LogP contribution in [0, 0.1) is 0 Å². The van der Waals surface area contributed by atoms with Crippen molar-refractivity contribution in [1.29, 1.82) is 0 Å². The maximum absolute atomic E-state index is 12.2. The monoisotopic (exact) mass is 283 g/mol. The van der Waals surface area contributed by atoms with Gasteiger partial charge in [-0.2, -0.15) is 0 Å². The molecule has 1 heterocycles. The number of amides is 1. The van der Waals surface area contributed by atoms with E-state index in [1.54, 1.807) is 18.3 Å². The number of carbonyl (C=O) groups is 1. The lowest BCUT2D eigenvalue weighted by Crippen LogP contribution is -2.34. The molecule has 0 saturated carbocycles. The van der Waals surface area contributed by atoms with Gasteiger partial charge in [0, 0.05) is 19.2 Å². The zero-order valence-electron chi connectivity index (χ0n) is 11.5. The standard InChI is InChI=1S/C16H17N3O2/c17-8-10-5-6-13(18-9-10)16(21)19-15-12-4-2-1-3-11(12)7-14(15)20/h1-6,9,14-15,20H,7-8,17H2,(H,19,21)/t14-,15+/m0/s1. The number of pyridine rings is 1. The van der Waals surface area contributed by atoms with Crippen LogP contribution in [0.3, 0.4) is 0 Å². The first kappa shape index (κ1) is 13.7. The maximum atomic E-state index is 12.2. The second-order valence-corrected chi connectivity index (χ2v) is 5.18. The summed E-state index contributed by atoms with van der Waals surface area (Å²) in [5.74, 6) is -0.292. The van der Waals surface area contributed by atoms with E-state index in [1.165, 1.54) is 0 Å². The highest BCUT2D eigenvalue weighted by molar-refractivity contribution is 5.92. The average molecular weight is 283 g/mol. The topological polar surface area (TPSA) is 88.2 Å². The fraction of sp³-hybridized carbons (Fsp3) is 0.250. The van der Waals surface area contributed by atoms with E-state index in [4.69, 9.17) is 5.73 Å². The van der Waals surface area contributed by atoms with E-state index in [0.717, 1.165) is 16.7 Å². The molecule has 5 nitrogen and oxygen atoms in total. The third kappa shape index (κ3) is 2.66. The Morgan fingerprint density at radius 2 is 2.14 bits per heavy atom. The third-order valence-corrected chi connectivity index (χ3v) is 3.78. The summed E-state index contributed by atoms with van der Waals surface area (Å²) in [6.45, 7) is 0.392. The first-order valence-electron chi connectivity index (χ1n) is 6.91. The lowest BCUT2D eigenvalue weighted by Gasteiger charge is -2.17. The Morgan fingerprint density at radius 3 is 2.86 bits per heavy atom. The number of benzene rings is 1. The number of hydrogen-bond donors (Lipinski definition) is 3. The summed E-state index contributed by atoms with van der Waals surface area (Å²) in [7, 11) is 0. The van der Waals surface area contributed by atoms with Gasteiger partial charge in [-0.15, -0.1) is 0 Å². The lowest BCUT2D eigenvalue weighted by molar-refractivity contribution is 0.0853. The predicted octanol–water partition coefficient (Wildman–Crippen LogP) is 0.928. The number of nitrogens with one attached hydrogen (secondary N) is 1. The summed E-state index contributed by atoms with van der Waals surface area (Å²) < 4.78 is 0. The van der Waals surface area contributed by atoms with Gasteiger partial charge in [0.2, 0.25) is 0 Å². The Bertz CT molecular complexity index is 655. The zero-order valence-corrected chi connectivity index (χ0v) is 11.5. The van der Waals surface area contributed by atoms with E-state index in [1.807, 2.05) is 24.3 Å². The van der Waals surface area contributed by atoms with Crippen LogP contribution in [0.4, 0.5) is 0 Å². The molecular formula is C16H17N3O2. The number of hydrogen-bond acceptors (Lipinski definition) is 4. The molecule has 2 atom stereocenters. The Kier molecular flexibility index (Phi) is 3.68. The molecule has 4 N–H and O–H groups in total. The van der Waals surface area contributed by atoms with Crippen LogP contribution in [0.25, 0.3) is 0 Å². The molecule has 1 aliphatic carbocycles. The minimum atomic E-state index is -0.602. The number of aromatic nitrogens is 1. The van der Waals surface area contributed by atoms with E-state index in [0.29, 0.717) is 18.7 Å². The van der Waals surface area contributed by atoms with Gasteiger partial charge in [0.05, 0.1) is 12.1 Å². The number of nitrogens with two attached hydrogens (primary N) is 1. The summed E-state index contributed by atoms with van der Waals surface area (Å²) in [6.07, 6.45) is 1.55. The largest absolute Gasteiger partial charge is 0.390 e. The highest BCUT2D eigenvalue weighted by atomic mass is 16.3. The molecule has 0 saturated heterocycles. The Labute approximate surface area is 122 Å². The molecule has 1 aromatic heterocycles. The third-order valence-electron chi connectivity index (χ3n) is 3.78. The van der Waals surface area contributed by atoms with Gasteiger partial charge in [0.25, 0.3) is 5.91 Å². The molecule has 0 aliphatic heterocycles. The van der Waals surface area contributed by atoms with Crippen molar-refractivity contribution < 1.29 is 9.90 Å². The SMILES string of the molecule is NCc1ccc(C(=O)N[C@@H]2c3ccccc3C[C@@H]2O)nc1. The van der Waals surface area contributed by atoms with E-state index in [9.17, 15) is 9.90 Å². The quantitative estimate of drug-likeness (QED) is 0.782. The van der Waals surface area contributed by atoms with Crippen molar-refractivity contribution in [2.45, 2.75) is 25.1 Å². The van der Waals surface area contributed by atoms with E-state index < -0.39 is 6.10 Å². The van der Waals surface area contributed by atoms with Gasteiger partial charge in [-0.1, -0.05) is 30.3 Å². The van der Waals surface area contributed by atoms with E-state index in [2.05, 4.69) is 10.3 Å². The van der Waals surface area contributed by atoms with Crippen LogP contribution < -0.4 is 11.1 Å². The van der Waals surface area contributed by atoms with Gasteiger partial charge in [-0.25, -0.2) is 0 Å². The molecule has 3 rings (SSSR count). The molecule has 0 radical (unpaired) electrons. The Balaban J connectivity index is 1.78. The molecule has 0 spiro atoms. The van der Waals surface area contributed by atoms with Gasteiger partial charge in [-0.3, -0.25) is 9.78 Å². The zero-order chi connectivity index (χ0) is 14.8. The van der Waals surface area contributed by atoms with Crippen LogP contribution >= 0.6 is 0 Å². The van der Waals surface area contributed by atoms with Crippen molar-refractivity contribution >= 4 is 5.91 Å².